The van der Waals surface area contributed by atoms with Crippen molar-refractivity contribution in [3.05, 3.63) is 11.9 Å². The lowest BCUT2D eigenvalue weighted by Crippen LogP contribution is -2.25. The van der Waals surface area contributed by atoms with Crippen LogP contribution in [0.3, 0.4) is 0 Å². The molecule has 20 heavy (non-hydrogen) atoms. The van der Waals surface area contributed by atoms with Crippen molar-refractivity contribution < 1.29 is 0 Å². The van der Waals surface area contributed by atoms with Gasteiger partial charge in [0.1, 0.15) is 18.0 Å². The van der Waals surface area contributed by atoms with E-state index in [4.69, 9.17) is 0 Å². The predicted octanol–water partition coefficient (Wildman–Crippen LogP) is 3.71. The van der Waals surface area contributed by atoms with Crippen LogP contribution in [0.25, 0.3) is 0 Å². The first-order valence-corrected chi connectivity index (χ1v) is 8.07. The van der Waals surface area contributed by atoms with Gasteiger partial charge in [0.15, 0.2) is 0 Å². The van der Waals surface area contributed by atoms with Crippen molar-refractivity contribution in [1.82, 2.24) is 9.97 Å². The summed E-state index contributed by atoms with van der Waals surface area (Å²) in [6.07, 6.45) is 8.11. The Morgan fingerprint density at radius 3 is 2.45 bits per heavy atom. The van der Waals surface area contributed by atoms with E-state index in [1.807, 2.05) is 0 Å². The molecule has 1 aromatic rings. The highest BCUT2D eigenvalue weighted by Crippen LogP contribution is 2.30. The smallest absolute Gasteiger partial charge is 0.134 e. The third-order valence-corrected chi connectivity index (χ3v) is 4.46. The van der Waals surface area contributed by atoms with Crippen LogP contribution in [0.15, 0.2) is 6.33 Å². The van der Waals surface area contributed by atoms with E-state index < -0.39 is 0 Å². The summed E-state index contributed by atoms with van der Waals surface area (Å²) in [5, 5.41) is 6.90. The monoisotopic (exact) mass is 276 g/mol. The molecule has 2 atom stereocenters. The van der Waals surface area contributed by atoms with Gasteiger partial charge in [-0.2, -0.15) is 0 Å². The molecule has 0 bridgehead atoms. The maximum atomic E-state index is 4.44. The minimum atomic E-state index is 0.783. The van der Waals surface area contributed by atoms with Gasteiger partial charge in [0.2, 0.25) is 0 Å². The molecule has 1 fully saturated rings. The number of nitrogens with one attached hydrogen (secondary N) is 2. The molecule has 4 heteroatoms. The molecule has 1 saturated carbocycles. The second kappa shape index (κ2) is 7.46. The van der Waals surface area contributed by atoms with Gasteiger partial charge in [0, 0.05) is 18.7 Å². The lowest BCUT2D eigenvalue weighted by molar-refractivity contribution is 0.268. The Labute approximate surface area is 122 Å². The Morgan fingerprint density at radius 1 is 1.10 bits per heavy atom. The van der Waals surface area contributed by atoms with Gasteiger partial charge >= 0.3 is 0 Å². The predicted molar refractivity (Wildman–Crippen MR) is 85.2 cm³/mol. The first-order valence-electron chi connectivity index (χ1n) is 8.07. The fraction of sp³-hybridized carbons (Fsp3) is 0.750. The molecule has 0 aliphatic heterocycles. The maximum Gasteiger partial charge on any atom is 0.134 e. The van der Waals surface area contributed by atoms with Gasteiger partial charge in [-0.1, -0.05) is 33.1 Å². The first kappa shape index (κ1) is 15.1. The van der Waals surface area contributed by atoms with E-state index >= 15 is 0 Å². The Hall–Kier alpha value is -1.32. The molecule has 2 N–H and O–H groups in total. The molecule has 2 unspecified atom stereocenters. The van der Waals surface area contributed by atoms with E-state index in [0.717, 1.165) is 43.0 Å². The zero-order valence-electron chi connectivity index (χ0n) is 13.1. The molecule has 0 radical (unpaired) electrons. The highest BCUT2D eigenvalue weighted by molar-refractivity contribution is 5.57. The van der Waals surface area contributed by atoms with Gasteiger partial charge in [0.25, 0.3) is 0 Å². The van der Waals surface area contributed by atoms with E-state index in [0.29, 0.717) is 0 Å². The molecule has 2 rings (SSSR count). The number of hydrogen-bond donors (Lipinski definition) is 2. The minimum absolute atomic E-state index is 0.783. The molecule has 0 aromatic carbocycles. The van der Waals surface area contributed by atoms with Crippen LogP contribution in [-0.2, 0) is 6.42 Å². The van der Waals surface area contributed by atoms with Crippen LogP contribution in [0.5, 0.6) is 0 Å². The molecule has 1 aromatic heterocycles. The van der Waals surface area contributed by atoms with E-state index in [1.54, 1.807) is 6.33 Å². The Kier molecular flexibility index (Phi) is 5.62. The van der Waals surface area contributed by atoms with Crippen molar-refractivity contribution in [2.24, 2.45) is 11.8 Å². The largest absolute Gasteiger partial charge is 0.370 e. The Morgan fingerprint density at radius 2 is 1.80 bits per heavy atom. The summed E-state index contributed by atoms with van der Waals surface area (Å²) in [5.41, 5.74) is 1.21. The van der Waals surface area contributed by atoms with Crippen LogP contribution in [0.4, 0.5) is 11.6 Å². The molecule has 1 aliphatic rings. The van der Waals surface area contributed by atoms with Gasteiger partial charge in [-0.3, -0.25) is 0 Å². The summed E-state index contributed by atoms with van der Waals surface area (Å²) < 4.78 is 0. The Bertz CT molecular complexity index is 419. The van der Waals surface area contributed by atoms with E-state index in [9.17, 15) is 0 Å². The molecule has 0 saturated heterocycles. The number of nitrogens with zero attached hydrogens (tertiary/aromatic N) is 2. The van der Waals surface area contributed by atoms with Gasteiger partial charge in [0.05, 0.1) is 0 Å². The van der Waals surface area contributed by atoms with Crippen molar-refractivity contribution in [2.45, 2.75) is 52.9 Å². The summed E-state index contributed by atoms with van der Waals surface area (Å²) in [6, 6.07) is 0. The SMILES string of the molecule is CCNc1ncnc(NCC2CCCCC2C)c1CC. The van der Waals surface area contributed by atoms with Crippen LogP contribution in [-0.4, -0.2) is 23.1 Å². The first-order chi connectivity index (χ1) is 9.76. The number of rotatable bonds is 6. The maximum absolute atomic E-state index is 4.44. The number of aromatic nitrogens is 2. The lowest BCUT2D eigenvalue weighted by Gasteiger charge is -2.29. The van der Waals surface area contributed by atoms with Gasteiger partial charge < -0.3 is 10.6 Å². The summed E-state index contributed by atoms with van der Waals surface area (Å²) >= 11 is 0. The van der Waals surface area contributed by atoms with Gasteiger partial charge in [-0.05, 0) is 31.6 Å². The molecule has 1 aliphatic carbocycles. The fourth-order valence-corrected chi connectivity index (χ4v) is 3.14. The van der Waals surface area contributed by atoms with Gasteiger partial charge in [-0.25, -0.2) is 9.97 Å². The minimum Gasteiger partial charge on any atom is -0.370 e. The lowest BCUT2D eigenvalue weighted by atomic mass is 9.80. The molecular formula is C16H28N4. The van der Waals surface area contributed by atoms with Crippen LogP contribution < -0.4 is 10.6 Å². The molecule has 0 spiro atoms. The van der Waals surface area contributed by atoms with Crippen molar-refractivity contribution in [3.63, 3.8) is 0 Å². The second-order valence-corrected chi connectivity index (χ2v) is 5.84. The quantitative estimate of drug-likeness (QED) is 0.831. The highest BCUT2D eigenvalue weighted by atomic mass is 15.1. The molecule has 4 nitrogen and oxygen atoms in total. The highest BCUT2D eigenvalue weighted by Gasteiger charge is 2.21. The van der Waals surface area contributed by atoms with Crippen LogP contribution in [0.1, 0.15) is 52.0 Å². The van der Waals surface area contributed by atoms with Crippen molar-refractivity contribution in [1.29, 1.82) is 0 Å². The third-order valence-electron chi connectivity index (χ3n) is 4.46. The topological polar surface area (TPSA) is 49.8 Å². The van der Waals surface area contributed by atoms with Crippen LogP contribution in [0, 0.1) is 11.8 Å². The summed E-state index contributed by atoms with van der Waals surface area (Å²) in [7, 11) is 0. The fourth-order valence-electron chi connectivity index (χ4n) is 3.14. The van der Waals surface area contributed by atoms with Crippen molar-refractivity contribution in [3.8, 4) is 0 Å². The standard InChI is InChI=1S/C16H28N4/c1-4-14-15(17-5-2)19-11-20-16(14)18-10-13-9-7-6-8-12(13)3/h11-13H,4-10H2,1-3H3,(H2,17,18,19,20). The van der Waals surface area contributed by atoms with Gasteiger partial charge in [-0.15, -0.1) is 0 Å². The van der Waals surface area contributed by atoms with E-state index in [2.05, 4.69) is 41.4 Å². The normalized spacial score (nSPS) is 22.6. The van der Waals surface area contributed by atoms with E-state index in [1.165, 1.54) is 31.2 Å². The molecular weight excluding hydrogens is 248 g/mol. The number of hydrogen-bond acceptors (Lipinski definition) is 4. The van der Waals surface area contributed by atoms with Crippen LogP contribution in [0.2, 0.25) is 0 Å². The molecule has 1 heterocycles. The van der Waals surface area contributed by atoms with E-state index in [-0.39, 0.29) is 0 Å². The van der Waals surface area contributed by atoms with Crippen molar-refractivity contribution in [2.75, 3.05) is 23.7 Å². The summed E-state index contributed by atoms with van der Waals surface area (Å²) in [5.74, 6) is 3.60. The van der Waals surface area contributed by atoms with Crippen molar-refractivity contribution >= 4 is 11.6 Å². The van der Waals surface area contributed by atoms with Crippen LogP contribution >= 0.6 is 0 Å². The summed E-state index contributed by atoms with van der Waals surface area (Å²) in [6.45, 7) is 8.57. The summed E-state index contributed by atoms with van der Waals surface area (Å²) in [4.78, 5) is 8.79. The molecule has 112 valence electrons. The average Bonchev–Trinajstić information content (AvgIpc) is 2.47. The third kappa shape index (κ3) is 3.62. The Balaban J connectivity index is 2.03. The zero-order chi connectivity index (χ0) is 14.4. The number of anilines is 2. The molecule has 0 amide bonds. The zero-order valence-corrected chi connectivity index (χ0v) is 13.1. The second-order valence-electron chi connectivity index (χ2n) is 5.84. The average molecular weight is 276 g/mol.